The van der Waals surface area contributed by atoms with Crippen molar-refractivity contribution < 1.29 is 23.9 Å². The number of aryl methyl sites for hydroxylation is 1. The van der Waals surface area contributed by atoms with Crippen LogP contribution >= 0.6 is 0 Å². The minimum Gasteiger partial charge on any atom is -0.495 e. The number of methoxy groups -OCH3 is 1. The normalized spacial score (nSPS) is 25.0. The summed E-state index contributed by atoms with van der Waals surface area (Å²) in [6.45, 7) is 12.9. The van der Waals surface area contributed by atoms with Gasteiger partial charge in [-0.3, -0.25) is 44.1 Å². The van der Waals surface area contributed by atoms with E-state index in [0.717, 1.165) is 81.8 Å². The van der Waals surface area contributed by atoms with Crippen LogP contribution in [0.3, 0.4) is 0 Å². The molecule has 13 heteroatoms. The Morgan fingerprint density at radius 1 is 0.706 bits per heavy atom. The number of nitrogens with one attached hydrogen (secondary N) is 1. The lowest BCUT2D eigenvalue weighted by Crippen LogP contribution is -2.62. The SMILES string of the molecule is COc1cc(N2CCC(N3CCN(C4CCN(C5CN(c6ccc7c(c6)C(=O)N(C6CCC(=O)NC6=O)C7=O)C5)CC4)CC3)CC2)c(C)cc1N. The monoisotopic (exact) mass is 698 g/mol. The first-order chi connectivity index (χ1) is 24.7. The Morgan fingerprint density at radius 2 is 1.31 bits per heavy atom. The molecular formula is C38H50N8O5. The van der Waals surface area contributed by atoms with Crippen molar-refractivity contribution in [2.24, 2.45) is 0 Å². The largest absolute Gasteiger partial charge is 0.495 e. The predicted octanol–water partition coefficient (Wildman–Crippen LogP) is 1.93. The van der Waals surface area contributed by atoms with Crippen LogP contribution in [0.5, 0.6) is 5.75 Å². The molecule has 1 atom stereocenters. The van der Waals surface area contributed by atoms with E-state index in [0.29, 0.717) is 34.9 Å². The number of likely N-dealkylation sites (tertiary alicyclic amines) is 1. The van der Waals surface area contributed by atoms with Gasteiger partial charge in [0.2, 0.25) is 11.8 Å². The van der Waals surface area contributed by atoms with E-state index in [1.807, 2.05) is 12.1 Å². The summed E-state index contributed by atoms with van der Waals surface area (Å²) in [5, 5.41) is 2.26. The number of imide groups is 2. The van der Waals surface area contributed by atoms with Gasteiger partial charge in [-0.25, -0.2) is 0 Å². The predicted molar refractivity (Wildman–Crippen MR) is 194 cm³/mol. The number of carbonyl (C=O) groups is 4. The number of piperazine rings is 1. The minimum atomic E-state index is -0.946. The number of hydrogen-bond acceptors (Lipinski definition) is 11. The van der Waals surface area contributed by atoms with Gasteiger partial charge in [0.25, 0.3) is 11.8 Å². The second kappa shape index (κ2) is 13.7. The summed E-state index contributed by atoms with van der Waals surface area (Å²) in [7, 11) is 1.68. The highest BCUT2D eigenvalue weighted by Gasteiger charge is 2.45. The molecule has 5 fully saturated rings. The zero-order valence-corrected chi connectivity index (χ0v) is 29.8. The third kappa shape index (κ3) is 6.33. The first-order valence-corrected chi connectivity index (χ1v) is 18.7. The van der Waals surface area contributed by atoms with Crippen LogP contribution in [-0.2, 0) is 9.59 Å². The van der Waals surface area contributed by atoms with Gasteiger partial charge in [0.1, 0.15) is 11.8 Å². The van der Waals surface area contributed by atoms with Gasteiger partial charge < -0.3 is 20.3 Å². The first-order valence-electron chi connectivity index (χ1n) is 18.7. The fourth-order valence-electron chi connectivity index (χ4n) is 9.33. The maximum Gasteiger partial charge on any atom is 0.262 e. The number of ether oxygens (including phenoxy) is 1. The van der Waals surface area contributed by atoms with E-state index in [-0.39, 0.29) is 18.7 Å². The van der Waals surface area contributed by atoms with Crippen LogP contribution in [0.2, 0.25) is 0 Å². The molecule has 51 heavy (non-hydrogen) atoms. The minimum absolute atomic E-state index is 0.113. The fourth-order valence-corrected chi connectivity index (χ4v) is 9.33. The van der Waals surface area contributed by atoms with E-state index in [4.69, 9.17) is 10.5 Å². The molecule has 6 heterocycles. The Morgan fingerprint density at radius 3 is 1.94 bits per heavy atom. The first kappa shape index (κ1) is 33.9. The Hall–Kier alpha value is -4.20. The second-order valence-electron chi connectivity index (χ2n) is 15.2. The summed E-state index contributed by atoms with van der Waals surface area (Å²) in [5.41, 5.74) is 10.9. The molecule has 13 nitrogen and oxygen atoms in total. The van der Waals surface area contributed by atoms with Gasteiger partial charge in [0, 0.05) is 107 Å². The van der Waals surface area contributed by atoms with Crippen LogP contribution in [0.4, 0.5) is 17.1 Å². The maximum absolute atomic E-state index is 13.3. The summed E-state index contributed by atoms with van der Waals surface area (Å²) in [6.07, 6.45) is 5.04. The second-order valence-corrected chi connectivity index (χ2v) is 15.2. The van der Waals surface area contributed by atoms with Crippen LogP contribution in [0, 0.1) is 6.92 Å². The number of anilines is 3. The number of fused-ring (bicyclic) bond motifs is 1. The molecule has 0 aliphatic carbocycles. The molecule has 3 N–H and O–H groups in total. The number of nitrogens with two attached hydrogens (primary N) is 1. The van der Waals surface area contributed by atoms with Crippen molar-refractivity contribution in [3.8, 4) is 5.75 Å². The molecular weight excluding hydrogens is 648 g/mol. The summed E-state index contributed by atoms with van der Waals surface area (Å²) in [5.74, 6) is -1.12. The van der Waals surface area contributed by atoms with Gasteiger partial charge in [-0.2, -0.15) is 0 Å². The van der Waals surface area contributed by atoms with Gasteiger partial charge in [-0.05, 0) is 68.9 Å². The Balaban J connectivity index is 0.774. The highest BCUT2D eigenvalue weighted by Crippen LogP contribution is 2.35. The van der Waals surface area contributed by atoms with Gasteiger partial charge in [-0.15, -0.1) is 0 Å². The summed E-state index contributed by atoms with van der Waals surface area (Å²) in [4.78, 5) is 64.3. The third-order valence-electron chi connectivity index (χ3n) is 12.4. The number of nitrogen functional groups attached to an aromatic ring is 1. The zero-order chi connectivity index (χ0) is 35.4. The molecule has 272 valence electrons. The van der Waals surface area contributed by atoms with E-state index in [1.54, 1.807) is 19.2 Å². The molecule has 0 aromatic heterocycles. The highest BCUT2D eigenvalue weighted by molar-refractivity contribution is 6.23. The van der Waals surface area contributed by atoms with E-state index >= 15 is 0 Å². The van der Waals surface area contributed by atoms with Crippen molar-refractivity contribution in [1.82, 2.24) is 24.9 Å². The summed E-state index contributed by atoms with van der Waals surface area (Å²) >= 11 is 0. The number of hydrogen-bond donors (Lipinski definition) is 2. The Kier molecular flexibility index (Phi) is 9.14. The molecule has 1 unspecified atom stereocenters. The van der Waals surface area contributed by atoms with Crippen LogP contribution in [0.15, 0.2) is 30.3 Å². The van der Waals surface area contributed by atoms with Gasteiger partial charge >= 0.3 is 0 Å². The molecule has 2 aromatic rings. The molecule has 0 radical (unpaired) electrons. The molecule has 0 spiro atoms. The van der Waals surface area contributed by atoms with E-state index in [1.165, 1.54) is 36.9 Å². The molecule has 5 saturated heterocycles. The number of benzene rings is 2. The quantitative estimate of drug-likeness (QED) is 0.325. The molecule has 8 rings (SSSR count). The number of carbonyl (C=O) groups excluding carboxylic acids is 4. The van der Waals surface area contributed by atoms with Gasteiger partial charge in [0.05, 0.1) is 23.9 Å². The Labute approximate surface area is 299 Å². The molecule has 0 saturated carbocycles. The van der Waals surface area contributed by atoms with Crippen molar-refractivity contribution >= 4 is 40.7 Å². The van der Waals surface area contributed by atoms with Crippen LogP contribution in [-0.4, -0.2) is 140 Å². The highest BCUT2D eigenvalue weighted by atomic mass is 16.5. The molecule has 6 aliphatic heterocycles. The standard InChI is InChI=1S/C38H50N8O5/c1-24-19-31(39)34(51-2)21-33(24)44-13-9-26(10-14-44)43-17-15-42(16-18-43)25-7-11-41(12-8-25)28-22-45(23-28)27-3-4-29-30(20-27)38(50)46(37(29)49)32-5-6-35(47)40-36(32)48/h3-4,19-21,25-26,28,32H,5-18,22-23,39H2,1-2H3,(H,40,47,48). The number of rotatable bonds is 7. The molecule has 6 aliphatic rings. The van der Waals surface area contributed by atoms with Crippen LogP contribution in [0.1, 0.15) is 64.8 Å². The lowest BCUT2D eigenvalue weighted by molar-refractivity contribution is -0.136. The van der Waals surface area contributed by atoms with Gasteiger partial charge in [0.15, 0.2) is 0 Å². The number of nitrogens with zero attached hydrogens (tertiary/aromatic N) is 6. The fraction of sp³-hybridized carbons (Fsp3) is 0.579. The lowest BCUT2D eigenvalue weighted by Gasteiger charge is -2.50. The molecule has 4 amide bonds. The molecule has 2 aromatic carbocycles. The van der Waals surface area contributed by atoms with Crippen molar-refractivity contribution in [2.45, 2.75) is 69.6 Å². The summed E-state index contributed by atoms with van der Waals surface area (Å²) in [6, 6.07) is 10.4. The van der Waals surface area contributed by atoms with Gasteiger partial charge in [-0.1, -0.05) is 0 Å². The number of piperidine rings is 3. The number of amides is 4. The topological polar surface area (TPSA) is 135 Å². The average Bonchev–Trinajstić information content (AvgIpc) is 3.36. The van der Waals surface area contributed by atoms with Crippen LogP contribution < -0.4 is 25.6 Å². The maximum atomic E-state index is 13.3. The average molecular weight is 699 g/mol. The van der Waals surface area contributed by atoms with Crippen molar-refractivity contribution in [1.29, 1.82) is 0 Å². The van der Waals surface area contributed by atoms with Crippen LogP contribution in [0.25, 0.3) is 0 Å². The Bertz CT molecular complexity index is 1700. The third-order valence-corrected chi connectivity index (χ3v) is 12.4. The van der Waals surface area contributed by atoms with E-state index in [9.17, 15) is 19.2 Å². The van der Waals surface area contributed by atoms with Crippen molar-refractivity contribution in [2.75, 3.05) is 88.1 Å². The zero-order valence-electron chi connectivity index (χ0n) is 29.8. The lowest BCUT2D eigenvalue weighted by atomic mass is 9.96. The molecule has 0 bridgehead atoms. The van der Waals surface area contributed by atoms with E-state index < -0.39 is 23.8 Å². The van der Waals surface area contributed by atoms with Crippen molar-refractivity contribution in [3.63, 3.8) is 0 Å². The smallest absolute Gasteiger partial charge is 0.262 e. The van der Waals surface area contributed by atoms with E-state index in [2.05, 4.69) is 42.8 Å². The van der Waals surface area contributed by atoms with Crippen molar-refractivity contribution in [3.05, 3.63) is 47.0 Å². The summed E-state index contributed by atoms with van der Waals surface area (Å²) < 4.78 is 5.49.